The highest BCUT2D eigenvalue weighted by molar-refractivity contribution is 4.85. The van der Waals surface area contributed by atoms with Gasteiger partial charge in [0.05, 0.1) is 11.7 Å². The van der Waals surface area contributed by atoms with Gasteiger partial charge in [-0.1, -0.05) is 0 Å². The van der Waals surface area contributed by atoms with Crippen LogP contribution in [0, 0.1) is 12.3 Å². The van der Waals surface area contributed by atoms with Crippen LogP contribution in [0.5, 0.6) is 0 Å². The third kappa shape index (κ3) is 4.92. The molecular weight excluding hydrogens is 164 g/mol. The zero-order valence-corrected chi connectivity index (χ0v) is 8.84. The van der Waals surface area contributed by atoms with Crippen LogP contribution in [0.4, 0.5) is 0 Å². The van der Waals surface area contributed by atoms with Crippen molar-refractivity contribution in [3.63, 3.8) is 0 Å². The van der Waals surface area contributed by atoms with E-state index in [9.17, 15) is 5.11 Å². The van der Waals surface area contributed by atoms with Gasteiger partial charge >= 0.3 is 0 Å². The Morgan fingerprint density at radius 1 is 1.54 bits per heavy atom. The van der Waals surface area contributed by atoms with E-state index < -0.39 is 11.7 Å². The molecule has 0 heterocycles. The second-order valence-corrected chi connectivity index (χ2v) is 3.65. The number of aliphatic hydroxyl groups excluding tert-OH is 1. The van der Waals surface area contributed by atoms with Crippen LogP contribution in [-0.2, 0) is 4.74 Å². The van der Waals surface area contributed by atoms with Crippen LogP contribution in [0.3, 0.4) is 0 Å². The maximum Gasteiger partial charge on any atom is 0.0884 e. The van der Waals surface area contributed by atoms with Gasteiger partial charge in [-0.3, -0.25) is 0 Å². The van der Waals surface area contributed by atoms with E-state index >= 15 is 0 Å². The lowest BCUT2D eigenvalue weighted by molar-refractivity contribution is -0.0989. The van der Waals surface area contributed by atoms with Crippen LogP contribution in [0.1, 0.15) is 40.0 Å². The molecular formula is C11H20O2. The average molecular weight is 184 g/mol. The lowest BCUT2D eigenvalue weighted by Gasteiger charge is -2.30. The molecule has 0 amide bonds. The Bertz CT molecular complexity index is 167. The average Bonchev–Trinajstić information content (AvgIpc) is 2.04. The largest absolute Gasteiger partial charge is 0.390 e. The van der Waals surface area contributed by atoms with Crippen molar-refractivity contribution in [3.8, 4) is 12.3 Å². The van der Waals surface area contributed by atoms with Crippen LogP contribution < -0.4 is 0 Å². The highest BCUT2D eigenvalue weighted by Gasteiger charge is 2.27. The van der Waals surface area contributed by atoms with Gasteiger partial charge in [-0.25, -0.2) is 0 Å². The van der Waals surface area contributed by atoms with E-state index in [1.807, 2.05) is 20.8 Å². The third-order valence-electron chi connectivity index (χ3n) is 2.12. The van der Waals surface area contributed by atoms with Crippen molar-refractivity contribution >= 4 is 0 Å². The molecule has 0 saturated carbocycles. The molecule has 0 radical (unpaired) electrons. The maximum atomic E-state index is 9.74. The fourth-order valence-electron chi connectivity index (χ4n) is 1.21. The minimum Gasteiger partial charge on any atom is -0.390 e. The summed E-state index contributed by atoms with van der Waals surface area (Å²) >= 11 is 0. The summed E-state index contributed by atoms with van der Waals surface area (Å²) in [4.78, 5) is 0. The molecule has 0 aliphatic rings. The first-order valence-corrected chi connectivity index (χ1v) is 4.80. The monoisotopic (exact) mass is 184 g/mol. The van der Waals surface area contributed by atoms with Crippen molar-refractivity contribution in [2.24, 2.45) is 0 Å². The van der Waals surface area contributed by atoms with Crippen molar-refractivity contribution in [1.82, 2.24) is 0 Å². The Balaban J connectivity index is 3.80. The van der Waals surface area contributed by atoms with Gasteiger partial charge in [-0.15, -0.1) is 12.3 Å². The predicted molar refractivity (Wildman–Crippen MR) is 54.4 cm³/mol. The van der Waals surface area contributed by atoms with Gasteiger partial charge in [-0.2, -0.15) is 0 Å². The lowest BCUT2D eigenvalue weighted by Crippen LogP contribution is -2.39. The van der Waals surface area contributed by atoms with E-state index in [1.165, 1.54) is 0 Å². The van der Waals surface area contributed by atoms with Crippen LogP contribution in [0.15, 0.2) is 0 Å². The Kier molecular flexibility index (Phi) is 5.77. The summed E-state index contributed by atoms with van der Waals surface area (Å²) in [6, 6.07) is 0. The van der Waals surface area contributed by atoms with Gasteiger partial charge in [0.1, 0.15) is 0 Å². The summed E-state index contributed by atoms with van der Waals surface area (Å²) in [6.45, 7) is 6.35. The van der Waals surface area contributed by atoms with Crippen molar-refractivity contribution in [1.29, 1.82) is 0 Å². The Morgan fingerprint density at radius 2 is 2.15 bits per heavy atom. The van der Waals surface area contributed by atoms with Gasteiger partial charge in [0.15, 0.2) is 0 Å². The topological polar surface area (TPSA) is 29.5 Å². The molecule has 1 atom stereocenters. The van der Waals surface area contributed by atoms with Gasteiger partial charge in [0, 0.05) is 13.0 Å². The van der Waals surface area contributed by atoms with Crippen LogP contribution in [-0.4, -0.2) is 23.4 Å². The third-order valence-corrected chi connectivity index (χ3v) is 2.12. The first kappa shape index (κ1) is 12.5. The van der Waals surface area contributed by atoms with E-state index in [1.54, 1.807) is 0 Å². The molecule has 1 unspecified atom stereocenters. The molecule has 0 aliphatic carbocycles. The van der Waals surface area contributed by atoms with Gasteiger partial charge < -0.3 is 9.84 Å². The van der Waals surface area contributed by atoms with E-state index in [-0.39, 0.29) is 0 Å². The Morgan fingerprint density at radius 3 is 2.62 bits per heavy atom. The summed E-state index contributed by atoms with van der Waals surface area (Å²) in [5.74, 6) is 2.55. The molecule has 2 heteroatoms. The van der Waals surface area contributed by atoms with E-state index in [2.05, 4.69) is 5.92 Å². The molecule has 13 heavy (non-hydrogen) atoms. The second kappa shape index (κ2) is 6.01. The van der Waals surface area contributed by atoms with E-state index in [0.717, 1.165) is 12.8 Å². The number of rotatable bonds is 6. The number of aliphatic hydroxyl groups is 1. The summed E-state index contributed by atoms with van der Waals surface area (Å²) in [6.07, 6.45) is 6.97. The molecule has 0 aliphatic heterocycles. The molecule has 1 N–H and O–H groups in total. The second-order valence-electron chi connectivity index (χ2n) is 3.65. The van der Waals surface area contributed by atoms with Crippen molar-refractivity contribution in [2.45, 2.75) is 51.7 Å². The maximum absolute atomic E-state index is 9.74. The van der Waals surface area contributed by atoms with Crippen molar-refractivity contribution in [3.05, 3.63) is 0 Å². The molecule has 0 aromatic heterocycles. The Hall–Kier alpha value is -0.520. The predicted octanol–water partition coefficient (Wildman–Crippen LogP) is 1.97. The van der Waals surface area contributed by atoms with Gasteiger partial charge in [-0.05, 0) is 33.6 Å². The number of hydrogen-bond donors (Lipinski definition) is 1. The van der Waals surface area contributed by atoms with Gasteiger partial charge in [0.25, 0.3) is 0 Å². The van der Waals surface area contributed by atoms with Crippen LogP contribution >= 0.6 is 0 Å². The molecule has 0 aromatic rings. The van der Waals surface area contributed by atoms with Crippen LogP contribution in [0.2, 0.25) is 0 Å². The summed E-state index contributed by atoms with van der Waals surface area (Å²) in [7, 11) is 0. The number of ether oxygens (including phenoxy) is 1. The highest BCUT2D eigenvalue weighted by Crippen LogP contribution is 2.19. The lowest BCUT2D eigenvalue weighted by atomic mass is 9.96. The van der Waals surface area contributed by atoms with Gasteiger partial charge in [0.2, 0.25) is 0 Å². The van der Waals surface area contributed by atoms with Crippen molar-refractivity contribution < 1.29 is 9.84 Å². The number of terminal acetylenes is 1. The molecule has 2 nitrogen and oxygen atoms in total. The Labute approximate surface area is 81.3 Å². The SMILES string of the molecule is C#CCCCC(O)C(C)(C)OCC. The standard InChI is InChI=1S/C11H20O2/c1-5-7-8-9-10(12)11(3,4)13-6-2/h1,10,12H,6-9H2,2-4H3. The number of unbranched alkanes of at least 4 members (excludes halogenated alkanes) is 1. The zero-order valence-electron chi connectivity index (χ0n) is 8.84. The summed E-state index contributed by atoms with van der Waals surface area (Å²) < 4.78 is 5.42. The minimum atomic E-state index is -0.455. The fourth-order valence-corrected chi connectivity index (χ4v) is 1.21. The van der Waals surface area contributed by atoms with E-state index in [4.69, 9.17) is 11.2 Å². The first-order valence-electron chi connectivity index (χ1n) is 4.80. The zero-order chi connectivity index (χ0) is 10.3. The van der Waals surface area contributed by atoms with Crippen LogP contribution in [0.25, 0.3) is 0 Å². The smallest absolute Gasteiger partial charge is 0.0884 e. The fraction of sp³-hybridized carbons (Fsp3) is 0.818. The molecule has 76 valence electrons. The molecule has 0 spiro atoms. The number of hydrogen-bond acceptors (Lipinski definition) is 2. The normalized spacial score (nSPS) is 13.8. The molecule has 0 fully saturated rings. The molecule has 0 saturated heterocycles. The van der Waals surface area contributed by atoms with E-state index in [0.29, 0.717) is 13.0 Å². The van der Waals surface area contributed by atoms with Crippen molar-refractivity contribution in [2.75, 3.05) is 6.61 Å². The highest BCUT2D eigenvalue weighted by atomic mass is 16.5. The summed E-state index contributed by atoms with van der Waals surface area (Å²) in [5, 5.41) is 9.74. The first-order chi connectivity index (χ1) is 6.04. The minimum absolute atomic E-state index is 0.430. The molecule has 0 rings (SSSR count). The molecule has 0 bridgehead atoms. The molecule has 0 aromatic carbocycles. The summed E-state index contributed by atoms with van der Waals surface area (Å²) in [5.41, 5.74) is -0.455. The quantitative estimate of drug-likeness (QED) is 0.505.